The van der Waals surface area contributed by atoms with E-state index in [1.54, 1.807) is 0 Å². The first-order valence-corrected chi connectivity index (χ1v) is 6.16. The highest BCUT2D eigenvalue weighted by Gasteiger charge is 2.16. The lowest BCUT2D eigenvalue weighted by atomic mass is 9.96. The van der Waals surface area contributed by atoms with Gasteiger partial charge in [0.2, 0.25) is 0 Å². The van der Waals surface area contributed by atoms with Crippen molar-refractivity contribution >= 4 is 5.69 Å². The van der Waals surface area contributed by atoms with Gasteiger partial charge in [-0.1, -0.05) is 42.0 Å². The lowest BCUT2D eigenvalue weighted by Crippen LogP contribution is -2.21. The summed E-state index contributed by atoms with van der Waals surface area (Å²) in [6.07, 6.45) is 0. The summed E-state index contributed by atoms with van der Waals surface area (Å²) < 4.78 is 0. The molecule has 0 spiro atoms. The summed E-state index contributed by atoms with van der Waals surface area (Å²) in [4.78, 5) is 2.21. The second-order valence-electron chi connectivity index (χ2n) is 4.95. The van der Waals surface area contributed by atoms with Gasteiger partial charge in [-0.25, -0.2) is 0 Å². The fourth-order valence-electron chi connectivity index (χ4n) is 2.36. The van der Waals surface area contributed by atoms with Gasteiger partial charge in [-0.2, -0.15) is 0 Å². The molecular formula is C16H20N2. The molecule has 2 rings (SSSR count). The van der Waals surface area contributed by atoms with Gasteiger partial charge in [-0.3, -0.25) is 4.90 Å². The number of nitrogen functional groups attached to an aromatic ring is 1. The minimum Gasteiger partial charge on any atom is -0.399 e. The van der Waals surface area contributed by atoms with E-state index < -0.39 is 0 Å². The molecule has 18 heavy (non-hydrogen) atoms. The van der Waals surface area contributed by atoms with Crippen molar-refractivity contribution in [1.29, 1.82) is 0 Å². The number of rotatable bonds is 3. The van der Waals surface area contributed by atoms with Crippen molar-refractivity contribution in [1.82, 2.24) is 4.90 Å². The predicted molar refractivity (Wildman–Crippen MR) is 77.6 cm³/mol. The number of nitrogens with zero attached hydrogens (tertiary/aromatic N) is 1. The van der Waals surface area contributed by atoms with E-state index in [-0.39, 0.29) is 6.04 Å². The van der Waals surface area contributed by atoms with Gasteiger partial charge in [-0.15, -0.1) is 0 Å². The van der Waals surface area contributed by atoms with E-state index in [0.29, 0.717) is 0 Å². The van der Waals surface area contributed by atoms with Gasteiger partial charge in [0, 0.05) is 5.69 Å². The fourth-order valence-corrected chi connectivity index (χ4v) is 2.36. The third-order valence-corrected chi connectivity index (χ3v) is 3.10. The van der Waals surface area contributed by atoms with Crippen molar-refractivity contribution in [3.05, 3.63) is 65.2 Å². The zero-order chi connectivity index (χ0) is 13.1. The van der Waals surface area contributed by atoms with Gasteiger partial charge >= 0.3 is 0 Å². The average molecular weight is 240 g/mol. The van der Waals surface area contributed by atoms with Gasteiger partial charge < -0.3 is 5.73 Å². The van der Waals surface area contributed by atoms with Gasteiger partial charge in [0.25, 0.3) is 0 Å². The molecule has 0 aliphatic heterocycles. The van der Waals surface area contributed by atoms with Crippen LogP contribution >= 0.6 is 0 Å². The highest BCUT2D eigenvalue weighted by Crippen LogP contribution is 2.28. The van der Waals surface area contributed by atoms with Crippen LogP contribution in [0.4, 0.5) is 5.69 Å². The number of hydrogen-bond donors (Lipinski definition) is 1. The Bertz CT molecular complexity index is 487. The van der Waals surface area contributed by atoms with E-state index >= 15 is 0 Å². The fraction of sp³-hybridized carbons (Fsp3) is 0.250. The Hall–Kier alpha value is -1.80. The van der Waals surface area contributed by atoms with Crippen LogP contribution in [0.2, 0.25) is 0 Å². The van der Waals surface area contributed by atoms with Crippen LogP contribution in [0.3, 0.4) is 0 Å². The van der Waals surface area contributed by atoms with Crippen LogP contribution in [-0.2, 0) is 0 Å². The second-order valence-corrected chi connectivity index (χ2v) is 4.95. The predicted octanol–water partition coefficient (Wildman–Crippen LogP) is 3.23. The first-order valence-electron chi connectivity index (χ1n) is 6.16. The minimum atomic E-state index is 0.244. The standard InChI is InChI=1S/C16H20N2/c1-12-6-4-7-13(10-12)16(18(2)3)14-8-5-9-15(17)11-14/h4-11,16H,17H2,1-3H3. The quantitative estimate of drug-likeness (QED) is 0.835. The average Bonchev–Trinajstić information content (AvgIpc) is 2.28. The molecule has 0 aromatic heterocycles. The smallest absolute Gasteiger partial charge is 0.0597 e. The zero-order valence-electron chi connectivity index (χ0n) is 11.2. The van der Waals surface area contributed by atoms with Crippen LogP contribution in [0.25, 0.3) is 0 Å². The molecule has 2 heteroatoms. The molecule has 0 aliphatic carbocycles. The lowest BCUT2D eigenvalue weighted by Gasteiger charge is -2.26. The Morgan fingerprint density at radius 1 is 0.944 bits per heavy atom. The Labute approximate surface area is 109 Å². The maximum Gasteiger partial charge on any atom is 0.0597 e. The second kappa shape index (κ2) is 5.23. The van der Waals surface area contributed by atoms with Crippen molar-refractivity contribution in [3.8, 4) is 0 Å². The Morgan fingerprint density at radius 2 is 1.56 bits per heavy atom. The molecule has 0 radical (unpaired) electrons. The van der Waals surface area contributed by atoms with Crippen molar-refractivity contribution in [2.75, 3.05) is 19.8 Å². The number of benzene rings is 2. The van der Waals surface area contributed by atoms with Crippen LogP contribution in [0, 0.1) is 6.92 Å². The zero-order valence-corrected chi connectivity index (χ0v) is 11.2. The van der Waals surface area contributed by atoms with E-state index in [2.05, 4.69) is 56.3 Å². The Kier molecular flexibility index (Phi) is 3.68. The summed E-state index contributed by atoms with van der Waals surface area (Å²) in [6.45, 7) is 2.12. The van der Waals surface area contributed by atoms with Crippen LogP contribution in [-0.4, -0.2) is 19.0 Å². The highest BCUT2D eigenvalue weighted by molar-refractivity contribution is 5.44. The summed E-state index contributed by atoms with van der Waals surface area (Å²) >= 11 is 0. The molecule has 0 saturated heterocycles. The van der Waals surface area contributed by atoms with Crippen molar-refractivity contribution < 1.29 is 0 Å². The molecule has 2 nitrogen and oxygen atoms in total. The Balaban J connectivity index is 2.46. The van der Waals surface area contributed by atoms with Crippen LogP contribution in [0.1, 0.15) is 22.7 Å². The molecule has 0 bridgehead atoms. The Morgan fingerprint density at radius 3 is 2.11 bits per heavy atom. The van der Waals surface area contributed by atoms with E-state index in [1.165, 1.54) is 16.7 Å². The number of aryl methyl sites for hydroxylation is 1. The molecule has 2 aromatic carbocycles. The molecule has 0 saturated carbocycles. The topological polar surface area (TPSA) is 29.3 Å². The highest BCUT2D eigenvalue weighted by atomic mass is 15.1. The van der Waals surface area contributed by atoms with Crippen LogP contribution in [0.15, 0.2) is 48.5 Å². The summed E-state index contributed by atoms with van der Waals surface area (Å²) in [5.74, 6) is 0. The van der Waals surface area contributed by atoms with Gasteiger partial charge in [0.05, 0.1) is 6.04 Å². The first kappa shape index (κ1) is 12.7. The summed E-state index contributed by atoms with van der Waals surface area (Å²) in [7, 11) is 4.19. The number of hydrogen-bond acceptors (Lipinski definition) is 2. The molecule has 0 amide bonds. The minimum absolute atomic E-state index is 0.244. The summed E-state index contributed by atoms with van der Waals surface area (Å²) in [5, 5.41) is 0. The molecule has 0 aliphatic rings. The van der Waals surface area contributed by atoms with Gasteiger partial charge in [-0.05, 0) is 44.3 Å². The maximum atomic E-state index is 5.89. The van der Waals surface area contributed by atoms with E-state index in [0.717, 1.165) is 5.69 Å². The molecule has 0 fully saturated rings. The SMILES string of the molecule is Cc1cccc(C(c2cccc(N)c2)N(C)C)c1. The summed E-state index contributed by atoms with van der Waals surface area (Å²) in [6, 6.07) is 17.0. The number of anilines is 1. The van der Waals surface area contributed by atoms with E-state index in [1.807, 2.05) is 18.2 Å². The van der Waals surface area contributed by atoms with E-state index in [9.17, 15) is 0 Å². The molecule has 2 N–H and O–H groups in total. The van der Waals surface area contributed by atoms with Crippen molar-refractivity contribution in [2.45, 2.75) is 13.0 Å². The molecule has 2 aromatic rings. The molecule has 1 atom stereocenters. The van der Waals surface area contributed by atoms with Crippen LogP contribution in [0.5, 0.6) is 0 Å². The molecule has 94 valence electrons. The summed E-state index contributed by atoms with van der Waals surface area (Å²) in [5.41, 5.74) is 10.5. The molecular weight excluding hydrogens is 220 g/mol. The normalized spacial score (nSPS) is 12.7. The largest absolute Gasteiger partial charge is 0.399 e. The molecule has 0 heterocycles. The third kappa shape index (κ3) is 2.71. The van der Waals surface area contributed by atoms with Crippen molar-refractivity contribution in [3.63, 3.8) is 0 Å². The van der Waals surface area contributed by atoms with Gasteiger partial charge in [0.15, 0.2) is 0 Å². The van der Waals surface area contributed by atoms with E-state index in [4.69, 9.17) is 5.73 Å². The van der Waals surface area contributed by atoms with Crippen molar-refractivity contribution in [2.24, 2.45) is 0 Å². The lowest BCUT2D eigenvalue weighted by molar-refractivity contribution is 0.342. The molecule has 1 unspecified atom stereocenters. The maximum absolute atomic E-state index is 5.89. The number of nitrogens with two attached hydrogens (primary N) is 1. The third-order valence-electron chi connectivity index (χ3n) is 3.10. The first-order chi connectivity index (χ1) is 8.58. The van der Waals surface area contributed by atoms with Gasteiger partial charge in [0.1, 0.15) is 0 Å². The monoisotopic (exact) mass is 240 g/mol. The van der Waals surface area contributed by atoms with Crippen LogP contribution < -0.4 is 5.73 Å².